The minimum atomic E-state index is -1.19. The van der Waals surface area contributed by atoms with Crippen molar-refractivity contribution in [3.63, 3.8) is 0 Å². The number of H-pyrrole nitrogens is 1. The van der Waals surface area contributed by atoms with Crippen molar-refractivity contribution >= 4 is 16.9 Å². The second kappa shape index (κ2) is 7.29. The Morgan fingerprint density at radius 2 is 2.11 bits per heavy atom. The molecule has 7 nitrogen and oxygen atoms in total. The predicted octanol–water partition coefficient (Wildman–Crippen LogP) is 1.89. The fourth-order valence-electron chi connectivity index (χ4n) is 2.50. The zero-order valence-corrected chi connectivity index (χ0v) is 14.1. The van der Waals surface area contributed by atoms with E-state index in [-0.39, 0.29) is 16.7 Å². The van der Waals surface area contributed by atoms with Crippen LogP contribution in [0, 0.1) is 23.0 Å². The maximum atomic E-state index is 13.8. The third kappa shape index (κ3) is 3.79. The Morgan fingerprint density at radius 3 is 2.78 bits per heavy atom. The van der Waals surface area contributed by atoms with Gasteiger partial charge in [-0.05, 0) is 31.2 Å². The topological polar surface area (TPSA) is 112 Å². The molecule has 1 amide bonds. The lowest BCUT2D eigenvalue weighted by Gasteiger charge is -2.13. The molecule has 3 aromatic rings. The van der Waals surface area contributed by atoms with Crippen molar-refractivity contribution in [3.8, 4) is 6.07 Å². The lowest BCUT2D eigenvalue weighted by molar-refractivity contribution is -0.121. The van der Waals surface area contributed by atoms with Gasteiger partial charge in [0.2, 0.25) is 5.91 Å². The quantitative estimate of drug-likeness (QED) is 0.729. The van der Waals surface area contributed by atoms with Gasteiger partial charge in [-0.15, -0.1) is 0 Å². The van der Waals surface area contributed by atoms with Crippen LogP contribution in [0.5, 0.6) is 0 Å². The van der Waals surface area contributed by atoms with E-state index in [9.17, 15) is 18.4 Å². The van der Waals surface area contributed by atoms with E-state index in [1.165, 1.54) is 12.3 Å². The lowest BCUT2D eigenvalue weighted by atomic mass is 10.1. The summed E-state index contributed by atoms with van der Waals surface area (Å²) >= 11 is 0. The Hall–Kier alpha value is -3.67. The van der Waals surface area contributed by atoms with Crippen LogP contribution in [0.3, 0.4) is 0 Å². The van der Waals surface area contributed by atoms with Crippen molar-refractivity contribution in [1.29, 1.82) is 5.26 Å². The number of aromatic amines is 1. The molecule has 2 heterocycles. The fourth-order valence-corrected chi connectivity index (χ4v) is 2.50. The second-order valence-corrected chi connectivity index (χ2v) is 5.82. The Bertz CT molecular complexity index is 1120. The largest absolute Gasteiger partial charge is 0.348 e. The molecule has 9 heteroatoms. The lowest BCUT2D eigenvalue weighted by Crippen LogP contribution is -2.31. The monoisotopic (exact) mass is 369 g/mol. The van der Waals surface area contributed by atoms with Gasteiger partial charge in [-0.3, -0.25) is 14.6 Å². The van der Waals surface area contributed by atoms with Crippen molar-refractivity contribution in [1.82, 2.24) is 20.3 Å². The van der Waals surface area contributed by atoms with Gasteiger partial charge in [0.15, 0.2) is 11.6 Å². The van der Waals surface area contributed by atoms with Crippen LogP contribution in [-0.2, 0) is 11.2 Å². The molecule has 27 heavy (non-hydrogen) atoms. The van der Waals surface area contributed by atoms with Gasteiger partial charge in [0.25, 0.3) is 5.56 Å². The average molecular weight is 369 g/mol. The van der Waals surface area contributed by atoms with Crippen LogP contribution < -0.4 is 10.9 Å². The smallest absolute Gasteiger partial charge is 0.270 e. The van der Waals surface area contributed by atoms with Crippen LogP contribution in [0.2, 0.25) is 0 Å². The number of nitrogens with zero attached hydrogens (tertiary/aromatic N) is 3. The molecule has 0 aliphatic rings. The molecule has 1 aromatic carbocycles. The van der Waals surface area contributed by atoms with Crippen LogP contribution in [0.15, 0.2) is 35.3 Å². The number of amides is 1. The Labute approximate surface area is 151 Å². The van der Waals surface area contributed by atoms with Crippen LogP contribution in [0.25, 0.3) is 11.0 Å². The summed E-state index contributed by atoms with van der Waals surface area (Å²) in [5.41, 5.74) is -0.288. The molecule has 0 aliphatic carbocycles. The standard InChI is InChI=1S/C18H13F2N5O2/c1-9(12-4-2-10(7-21)8-22-12)23-15(26)6-14-18(27)25-13-5-3-11(19)16(20)17(13)24-14/h2-5,8-9H,6H2,1H3,(H,23,26)(H,25,27)/t9-/m1/s1. The average Bonchev–Trinajstić information content (AvgIpc) is 2.66. The van der Waals surface area contributed by atoms with Gasteiger partial charge in [0, 0.05) is 6.20 Å². The number of aromatic nitrogens is 3. The zero-order valence-electron chi connectivity index (χ0n) is 14.1. The highest BCUT2D eigenvalue weighted by Gasteiger charge is 2.16. The molecule has 0 radical (unpaired) electrons. The molecule has 0 fully saturated rings. The van der Waals surface area contributed by atoms with Crippen molar-refractivity contribution in [2.45, 2.75) is 19.4 Å². The number of rotatable bonds is 4. The summed E-state index contributed by atoms with van der Waals surface area (Å²) < 4.78 is 27.2. The summed E-state index contributed by atoms with van der Waals surface area (Å²) in [6.45, 7) is 1.68. The summed E-state index contributed by atoms with van der Waals surface area (Å²) in [7, 11) is 0. The van der Waals surface area contributed by atoms with Gasteiger partial charge < -0.3 is 10.3 Å². The summed E-state index contributed by atoms with van der Waals surface area (Å²) in [6.07, 6.45) is 0.965. The molecular weight excluding hydrogens is 356 g/mol. The highest BCUT2D eigenvalue weighted by Crippen LogP contribution is 2.16. The maximum absolute atomic E-state index is 13.8. The van der Waals surface area contributed by atoms with Crippen molar-refractivity contribution < 1.29 is 13.6 Å². The van der Waals surface area contributed by atoms with Crippen LogP contribution in [-0.4, -0.2) is 20.9 Å². The first-order valence-electron chi connectivity index (χ1n) is 7.91. The zero-order chi connectivity index (χ0) is 19.6. The Balaban J connectivity index is 1.79. The number of pyridine rings is 1. The predicted molar refractivity (Wildman–Crippen MR) is 91.5 cm³/mol. The third-order valence-corrected chi connectivity index (χ3v) is 3.89. The summed E-state index contributed by atoms with van der Waals surface area (Å²) in [5, 5.41) is 11.4. The highest BCUT2D eigenvalue weighted by molar-refractivity contribution is 5.80. The van der Waals surface area contributed by atoms with Gasteiger partial charge in [-0.1, -0.05) is 0 Å². The second-order valence-electron chi connectivity index (χ2n) is 5.82. The normalized spacial score (nSPS) is 11.8. The number of carbonyl (C=O) groups is 1. The number of hydrogen-bond donors (Lipinski definition) is 2. The van der Waals surface area contributed by atoms with Crippen molar-refractivity contribution in [3.05, 3.63) is 69.4 Å². The summed E-state index contributed by atoms with van der Waals surface area (Å²) in [5.74, 6) is -2.83. The fraction of sp³-hybridized carbons (Fsp3) is 0.167. The molecule has 2 N–H and O–H groups in total. The molecule has 0 saturated heterocycles. The summed E-state index contributed by atoms with van der Waals surface area (Å²) in [6, 6.07) is 6.70. The molecule has 1 atom stereocenters. The molecule has 0 bridgehead atoms. The number of halogens is 2. The van der Waals surface area contributed by atoms with E-state index in [1.54, 1.807) is 19.1 Å². The van der Waals surface area contributed by atoms with Gasteiger partial charge in [-0.25, -0.2) is 13.8 Å². The van der Waals surface area contributed by atoms with E-state index < -0.39 is 35.6 Å². The first-order chi connectivity index (χ1) is 12.9. The summed E-state index contributed by atoms with van der Waals surface area (Å²) in [4.78, 5) is 34.5. The number of nitrogens with one attached hydrogen (secondary N) is 2. The SMILES string of the molecule is C[C@@H](NC(=O)Cc1nc2c(F)c(F)ccc2[nH]c1=O)c1ccc(C#N)cn1. The molecule has 0 aliphatic heterocycles. The molecule has 0 unspecified atom stereocenters. The first-order valence-corrected chi connectivity index (χ1v) is 7.91. The van der Waals surface area contributed by atoms with Gasteiger partial charge in [-0.2, -0.15) is 5.26 Å². The van der Waals surface area contributed by atoms with E-state index in [4.69, 9.17) is 5.26 Å². The van der Waals surface area contributed by atoms with Crippen LogP contribution in [0.4, 0.5) is 8.78 Å². The number of hydrogen-bond acceptors (Lipinski definition) is 5. The number of fused-ring (bicyclic) bond motifs is 1. The molecule has 136 valence electrons. The number of benzene rings is 1. The number of carbonyl (C=O) groups excluding carboxylic acids is 1. The van der Waals surface area contributed by atoms with Crippen LogP contribution in [0.1, 0.15) is 29.9 Å². The molecular formula is C18H13F2N5O2. The first kappa shape index (κ1) is 18.1. The van der Waals surface area contributed by atoms with E-state index >= 15 is 0 Å². The maximum Gasteiger partial charge on any atom is 0.270 e. The molecule has 2 aromatic heterocycles. The van der Waals surface area contributed by atoms with E-state index in [2.05, 4.69) is 20.3 Å². The van der Waals surface area contributed by atoms with E-state index in [0.29, 0.717) is 11.3 Å². The van der Waals surface area contributed by atoms with Crippen molar-refractivity contribution in [2.75, 3.05) is 0 Å². The van der Waals surface area contributed by atoms with E-state index in [0.717, 1.165) is 6.07 Å². The third-order valence-electron chi connectivity index (χ3n) is 3.89. The van der Waals surface area contributed by atoms with Crippen molar-refractivity contribution in [2.24, 2.45) is 0 Å². The van der Waals surface area contributed by atoms with E-state index in [1.807, 2.05) is 6.07 Å². The minimum Gasteiger partial charge on any atom is -0.348 e. The Kier molecular flexibility index (Phi) is 4.90. The van der Waals surface area contributed by atoms with Crippen LogP contribution >= 0.6 is 0 Å². The van der Waals surface area contributed by atoms with Gasteiger partial charge in [0.05, 0.1) is 29.2 Å². The molecule has 3 rings (SSSR count). The number of nitriles is 1. The minimum absolute atomic E-state index is 0.0400. The molecule has 0 spiro atoms. The highest BCUT2D eigenvalue weighted by atomic mass is 19.2. The van der Waals surface area contributed by atoms with Gasteiger partial charge in [0.1, 0.15) is 17.3 Å². The Morgan fingerprint density at radius 1 is 1.33 bits per heavy atom. The van der Waals surface area contributed by atoms with Gasteiger partial charge >= 0.3 is 0 Å². The molecule has 0 saturated carbocycles.